The second-order valence-electron chi connectivity index (χ2n) is 11.5. The molecule has 1 aliphatic heterocycles. The number of aliphatic hydroxyl groups excluding tert-OH is 1. The molecule has 1 aliphatic rings. The lowest BCUT2D eigenvalue weighted by Gasteiger charge is -2.38. The Balaban J connectivity index is 0.000000849. The van der Waals surface area contributed by atoms with E-state index in [1.807, 2.05) is 30.3 Å². The minimum absolute atomic E-state index is 0. The molecule has 1 saturated heterocycles. The molecular formula is C39H52ClN3O17. The maximum Gasteiger partial charge on any atom is 0.513 e. The maximum atomic E-state index is 12.4. The molecule has 0 saturated carbocycles. The van der Waals surface area contributed by atoms with Crippen molar-refractivity contribution in [3.05, 3.63) is 105 Å². The molecule has 3 aromatic rings. The number of amides is 1. The van der Waals surface area contributed by atoms with Crippen LogP contribution in [0, 0.1) is 20.2 Å². The summed E-state index contributed by atoms with van der Waals surface area (Å²) in [5.41, 5.74) is -0.278. The molecular weight excluding hydrogens is 818 g/mol. The molecule has 2 unspecified atom stereocenters. The number of halogens is 1. The molecule has 0 aliphatic carbocycles. The normalized spacial score (nSPS) is 13.0. The summed E-state index contributed by atoms with van der Waals surface area (Å²) in [5.74, 6) is -0.488. The minimum atomic E-state index is -0.978. The van der Waals surface area contributed by atoms with Crippen LogP contribution < -0.4 is 9.47 Å². The average Bonchev–Trinajstić information content (AvgIpc) is 3.23. The number of rotatable bonds is 15. The number of piperidine rings is 1. The number of methoxy groups -OCH3 is 4. The van der Waals surface area contributed by atoms with Crippen molar-refractivity contribution >= 4 is 46.6 Å². The van der Waals surface area contributed by atoms with Gasteiger partial charge in [0, 0.05) is 63.7 Å². The number of carbonyl (C=O) groups excluding carboxylic acids is 4. The molecule has 1 fully saturated rings. The number of benzene rings is 3. The molecule has 0 aromatic heterocycles. The van der Waals surface area contributed by atoms with E-state index in [1.165, 1.54) is 62.8 Å². The SMILES string of the molecule is C.COCCO.COCCOC(=O)N1CCCCC1C(C(=O)OC)c1ccccc1.COCCOC(=O)Oc1ccc([N+](=O)[O-])cc1.O=C(Cl)Oc1ccc([N+](=O)[O-])cc1. The van der Waals surface area contributed by atoms with Crippen molar-refractivity contribution in [2.24, 2.45) is 0 Å². The highest BCUT2D eigenvalue weighted by molar-refractivity contribution is 6.61. The van der Waals surface area contributed by atoms with Gasteiger partial charge < -0.3 is 47.9 Å². The number of carbonyl (C=O) groups is 4. The van der Waals surface area contributed by atoms with Crippen molar-refractivity contribution < 1.29 is 72.0 Å². The van der Waals surface area contributed by atoms with Gasteiger partial charge in [0.2, 0.25) is 0 Å². The van der Waals surface area contributed by atoms with E-state index in [0.29, 0.717) is 19.8 Å². The van der Waals surface area contributed by atoms with Crippen molar-refractivity contribution in [2.75, 3.05) is 74.6 Å². The molecule has 0 radical (unpaired) electrons. The number of hydrogen-bond acceptors (Lipinski definition) is 17. The quantitative estimate of drug-likeness (QED) is 0.0309. The van der Waals surface area contributed by atoms with E-state index in [4.69, 9.17) is 35.7 Å². The van der Waals surface area contributed by atoms with Crippen LogP contribution in [0.3, 0.4) is 0 Å². The largest absolute Gasteiger partial charge is 0.513 e. The van der Waals surface area contributed by atoms with Gasteiger partial charge in [-0.2, -0.15) is 0 Å². The molecule has 2 atom stereocenters. The van der Waals surface area contributed by atoms with Gasteiger partial charge in [0.05, 0.1) is 49.4 Å². The Labute approximate surface area is 352 Å². The highest BCUT2D eigenvalue weighted by atomic mass is 35.5. The average molecular weight is 870 g/mol. The zero-order chi connectivity index (χ0) is 44.0. The Hall–Kier alpha value is -5.93. The van der Waals surface area contributed by atoms with E-state index in [0.717, 1.165) is 24.8 Å². The van der Waals surface area contributed by atoms with Gasteiger partial charge >= 0.3 is 23.6 Å². The lowest BCUT2D eigenvalue weighted by Crippen LogP contribution is -2.49. The van der Waals surface area contributed by atoms with E-state index in [9.17, 15) is 39.4 Å². The van der Waals surface area contributed by atoms with E-state index < -0.39 is 33.4 Å². The Morgan fingerprint density at radius 1 is 0.733 bits per heavy atom. The number of esters is 1. The predicted molar refractivity (Wildman–Crippen MR) is 216 cm³/mol. The molecule has 3 aromatic carbocycles. The summed E-state index contributed by atoms with van der Waals surface area (Å²) in [6, 6.07) is 19.3. The van der Waals surface area contributed by atoms with Gasteiger partial charge in [-0.3, -0.25) is 25.0 Å². The maximum absolute atomic E-state index is 12.4. The first-order valence-electron chi connectivity index (χ1n) is 17.7. The highest BCUT2D eigenvalue weighted by Gasteiger charge is 2.39. The molecule has 1 amide bonds. The van der Waals surface area contributed by atoms with Crippen LogP contribution in [0.4, 0.5) is 25.8 Å². The molecule has 1 heterocycles. The van der Waals surface area contributed by atoms with Gasteiger partial charge in [-0.05, 0) is 49.1 Å². The summed E-state index contributed by atoms with van der Waals surface area (Å²) >= 11 is 4.92. The summed E-state index contributed by atoms with van der Waals surface area (Å²) in [6.45, 7) is 2.06. The molecule has 20 nitrogen and oxygen atoms in total. The predicted octanol–water partition coefficient (Wildman–Crippen LogP) is 6.93. The number of aliphatic hydroxyl groups is 1. The van der Waals surface area contributed by atoms with Gasteiger partial charge in [-0.1, -0.05) is 37.8 Å². The smallest absolute Gasteiger partial charge is 0.468 e. The molecule has 4 rings (SSSR count). The highest BCUT2D eigenvalue weighted by Crippen LogP contribution is 2.32. The summed E-state index contributed by atoms with van der Waals surface area (Å²) < 4.78 is 38.2. The third kappa shape index (κ3) is 21.7. The molecule has 21 heteroatoms. The monoisotopic (exact) mass is 869 g/mol. The summed E-state index contributed by atoms with van der Waals surface area (Å²) in [6.07, 6.45) is 1.33. The third-order valence-electron chi connectivity index (χ3n) is 7.59. The van der Waals surface area contributed by atoms with Crippen LogP contribution in [-0.2, 0) is 33.2 Å². The summed E-state index contributed by atoms with van der Waals surface area (Å²) in [5, 5.41) is 28.5. The summed E-state index contributed by atoms with van der Waals surface area (Å²) in [4.78, 5) is 67.3. The fourth-order valence-electron chi connectivity index (χ4n) is 4.92. The fraction of sp³-hybridized carbons (Fsp3) is 0.436. The number of nitro benzene ring substituents is 2. The number of ether oxygens (including phenoxy) is 8. The first-order valence-corrected chi connectivity index (χ1v) is 18.1. The van der Waals surface area contributed by atoms with Gasteiger partial charge in [-0.15, -0.1) is 0 Å². The lowest BCUT2D eigenvalue weighted by molar-refractivity contribution is -0.385. The van der Waals surface area contributed by atoms with E-state index >= 15 is 0 Å². The topological polar surface area (TPSA) is 252 Å². The first kappa shape index (κ1) is 54.1. The Bertz CT molecular complexity index is 1700. The van der Waals surface area contributed by atoms with Crippen LogP contribution in [0.15, 0.2) is 78.9 Å². The number of nitrogens with zero attached hydrogens (tertiary/aromatic N) is 3. The van der Waals surface area contributed by atoms with Crippen molar-refractivity contribution in [2.45, 2.75) is 38.6 Å². The van der Waals surface area contributed by atoms with Crippen molar-refractivity contribution in [1.29, 1.82) is 0 Å². The first-order chi connectivity index (χ1) is 28.3. The zero-order valence-corrected chi connectivity index (χ0v) is 33.7. The van der Waals surface area contributed by atoms with Crippen LogP contribution in [0.5, 0.6) is 11.5 Å². The third-order valence-corrected chi connectivity index (χ3v) is 7.67. The van der Waals surface area contributed by atoms with Crippen LogP contribution in [0.25, 0.3) is 0 Å². The second kappa shape index (κ2) is 32.0. The molecule has 60 heavy (non-hydrogen) atoms. The Morgan fingerprint density at radius 2 is 1.23 bits per heavy atom. The molecule has 0 bridgehead atoms. The molecule has 0 spiro atoms. The molecule has 332 valence electrons. The van der Waals surface area contributed by atoms with Gasteiger partial charge in [-0.25, -0.2) is 14.4 Å². The second-order valence-corrected chi connectivity index (χ2v) is 11.8. The van der Waals surface area contributed by atoms with Crippen LogP contribution in [0.2, 0.25) is 0 Å². The van der Waals surface area contributed by atoms with Crippen molar-refractivity contribution in [3.8, 4) is 11.5 Å². The minimum Gasteiger partial charge on any atom is -0.468 e. The van der Waals surface area contributed by atoms with Gasteiger partial charge in [0.15, 0.2) is 0 Å². The van der Waals surface area contributed by atoms with E-state index in [-0.39, 0.29) is 68.7 Å². The van der Waals surface area contributed by atoms with Gasteiger partial charge in [0.25, 0.3) is 11.4 Å². The van der Waals surface area contributed by atoms with Crippen molar-refractivity contribution in [1.82, 2.24) is 4.90 Å². The Kier molecular flexibility index (Phi) is 28.8. The van der Waals surface area contributed by atoms with Crippen molar-refractivity contribution in [3.63, 3.8) is 0 Å². The summed E-state index contributed by atoms with van der Waals surface area (Å²) in [7, 11) is 5.96. The van der Waals surface area contributed by atoms with Crippen LogP contribution in [-0.4, -0.2) is 124 Å². The van der Waals surface area contributed by atoms with E-state index in [1.54, 1.807) is 19.1 Å². The number of likely N-dealkylation sites (tertiary alicyclic amines) is 1. The zero-order valence-electron chi connectivity index (χ0n) is 32.9. The van der Waals surface area contributed by atoms with E-state index in [2.05, 4.69) is 18.9 Å². The van der Waals surface area contributed by atoms with Crippen LogP contribution in [0.1, 0.15) is 38.2 Å². The number of nitro groups is 2. The number of non-ortho nitro benzene ring substituents is 2. The molecule has 1 N–H and O–H groups in total. The van der Waals surface area contributed by atoms with Gasteiger partial charge in [0.1, 0.15) is 30.6 Å². The van der Waals surface area contributed by atoms with Crippen LogP contribution >= 0.6 is 11.6 Å². The fourth-order valence-corrected chi connectivity index (χ4v) is 5.01. The number of hydrogen-bond donors (Lipinski definition) is 1. The Morgan fingerprint density at radius 3 is 1.67 bits per heavy atom. The lowest BCUT2D eigenvalue weighted by atomic mass is 9.85. The standard InChI is InChI=1S/C18H25NO5.C10H11NO6.C7H4ClNO4.C3H8O2.CH4/c1-22-12-13-24-18(21)19-11-7-6-10-15(19)16(17(20)23-2)14-8-4-3-5-9-14;1-15-6-7-16-10(12)17-9-4-2-8(3-5-9)11(13)14;8-7(10)13-6-3-1-5(2-4-6)9(11)12;1-5-3-2-4;/h3-5,8-9,15-16H,6-7,10-13H2,1-2H3;2-5H,6-7H2,1H3;1-4H;4H,2-3H2,1H3;1H4.